The smallest absolute Gasteiger partial charge is 0.238 e. The molecule has 1 aromatic heterocycles. The average Bonchev–Trinajstić information content (AvgIpc) is 3.10. The largest absolute Gasteiger partial charge is 0.497 e. The van der Waals surface area contributed by atoms with Crippen molar-refractivity contribution in [2.24, 2.45) is 0 Å². The van der Waals surface area contributed by atoms with Crippen LogP contribution in [0.15, 0.2) is 42.5 Å². The van der Waals surface area contributed by atoms with Crippen molar-refractivity contribution >= 4 is 22.6 Å². The SMILES string of the molecule is COc1ccc2nc(CN3CCN(CC(=O)Nc4cccc(F)c4)CC3)[nH]c2c1. The lowest BCUT2D eigenvalue weighted by Gasteiger charge is -2.33. The summed E-state index contributed by atoms with van der Waals surface area (Å²) in [6.45, 7) is 4.34. The standard InChI is InChI=1S/C21H24FN5O2/c1-29-17-5-6-18-19(12-17)25-20(24-18)13-26-7-9-27(10-8-26)14-21(28)23-16-4-2-3-15(22)11-16/h2-6,11-12H,7-10,13-14H2,1H3,(H,23,28)(H,24,25). The summed E-state index contributed by atoms with van der Waals surface area (Å²) in [5.74, 6) is 1.24. The van der Waals surface area contributed by atoms with Crippen molar-refractivity contribution in [1.82, 2.24) is 19.8 Å². The van der Waals surface area contributed by atoms with E-state index in [2.05, 4.69) is 25.1 Å². The van der Waals surface area contributed by atoms with Crippen molar-refractivity contribution in [2.45, 2.75) is 6.54 Å². The maximum absolute atomic E-state index is 13.2. The number of fused-ring (bicyclic) bond motifs is 1. The molecule has 0 unspecified atom stereocenters. The molecule has 3 aromatic rings. The number of nitrogens with zero attached hydrogens (tertiary/aromatic N) is 3. The molecule has 0 radical (unpaired) electrons. The van der Waals surface area contributed by atoms with Crippen LogP contribution in [-0.2, 0) is 11.3 Å². The number of rotatable bonds is 6. The number of nitrogens with one attached hydrogen (secondary N) is 2. The predicted octanol–water partition coefficient (Wildman–Crippen LogP) is 2.47. The van der Waals surface area contributed by atoms with Gasteiger partial charge in [0.05, 0.1) is 31.2 Å². The topological polar surface area (TPSA) is 73.5 Å². The summed E-state index contributed by atoms with van der Waals surface area (Å²) in [4.78, 5) is 24.6. The Hall–Kier alpha value is -2.97. The summed E-state index contributed by atoms with van der Waals surface area (Å²) >= 11 is 0. The molecule has 1 fully saturated rings. The highest BCUT2D eigenvalue weighted by molar-refractivity contribution is 5.92. The molecule has 0 saturated carbocycles. The van der Waals surface area contributed by atoms with Crippen LogP contribution < -0.4 is 10.1 Å². The fraction of sp³-hybridized carbons (Fsp3) is 0.333. The van der Waals surface area contributed by atoms with Gasteiger partial charge in [-0.25, -0.2) is 9.37 Å². The van der Waals surface area contributed by atoms with E-state index in [1.54, 1.807) is 19.2 Å². The van der Waals surface area contributed by atoms with Crippen molar-refractivity contribution in [3.63, 3.8) is 0 Å². The van der Waals surface area contributed by atoms with Crippen LogP contribution in [0.5, 0.6) is 5.75 Å². The zero-order chi connectivity index (χ0) is 20.2. The minimum absolute atomic E-state index is 0.129. The number of ether oxygens (including phenoxy) is 1. The number of carbonyl (C=O) groups excluding carboxylic acids is 1. The second-order valence-corrected chi connectivity index (χ2v) is 7.18. The van der Waals surface area contributed by atoms with Gasteiger partial charge in [0.2, 0.25) is 5.91 Å². The number of amides is 1. The molecular formula is C21H24FN5O2. The van der Waals surface area contributed by atoms with Crippen molar-refractivity contribution in [3.05, 3.63) is 54.1 Å². The summed E-state index contributed by atoms with van der Waals surface area (Å²) < 4.78 is 18.5. The Balaban J connectivity index is 1.26. The summed E-state index contributed by atoms with van der Waals surface area (Å²) in [7, 11) is 1.65. The molecular weight excluding hydrogens is 373 g/mol. The quantitative estimate of drug-likeness (QED) is 0.669. The highest BCUT2D eigenvalue weighted by atomic mass is 19.1. The third kappa shape index (κ3) is 4.90. The van der Waals surface area contributed by atoms with E-state index in [1.165, 1.54) is 12.1 Å². The number of benzene rings is 2. The van der Waals surface area contributed by atoms with Gasteiger partial charge in [-0.3, -0.25) is 14.6 Å². The highest BCUT2D eigenvalue weighted by Crippen LogP contribution is 2.19. The number of halogens is 1. The Labute approximate surface area is 168 Å². The number of anilines is 1. The molecule has 29 heavy (non-hydrogen) atoms. The number of aromatic amines is 1. The minimum atomic E-state index is -0.361. The maximum atomic E-state index is 13.2. The molecule has 0 spiro atoms. The molecule has 1 saturated heterocycles. The Morgan fingerprint density at radius 2 is 1.97 bits per heavy atom. The molecule has 1 amide bonds. The summed E-state index contributed by atoms with van der Waals surface area (Å²) in [5.41, 5.74) is 2.37. The molecule has 2 heterocycles. The van der Waals surface area contributed by atoms with Crippen LogP contribution in [0.4, 0.5) is 10.1 Å². The summed E-state index contributed by atoms with van der Waals surface area (Å²) in [5, 5.41) is 2.75. The number of aromatic nitrogens is 2. The normalized spacial score (nSPS) is 15.5. The van der Waals surface area contributed by atoms with E-state index >= 15 is 0 Å². The molecule has 7 nitrogen and oxygen atoms in total. The first kappa shape index (κ1) is 19.4. The molecule has 0 atom stereocenters. The Morgan fingerprint density at radius 1 is 1.17 bits per heavy atom. The lowest BCUT2D eigenvalue weighted by atomic mass is 10.3. The molecule has 0 aliphatic carbocycles. The van der Waals surface area contributed by atoms with E-state index in [-0.39, 0.29) is 11.7 Å². The molecule has 8 heteroatoms. The number of hydrogen-bond donors (Lipinski definition) is 2. The summed E-state index contributed by atoms with van der Waals surface area (Å²) in [6, 6.07) is 11.7. The molecule has 1 aliphatic rings. The molecule has 1 aliphatic heterocycles. The van der Waals surface area contributed by atoms with Crippen LogP contribution in [-0.4, -0.2) is 65.5 Å². The van der Waals surface area contributed by atoms with Gasteiger partial charge in [-0.2, -0.15) is 0 Å². The van der Waals surface area contributed by atoms with E-state index in [9.17, 15) is 9.18 Å². The first-order valence-electron chi connectivity index (χ1n) is 9.62. The zero-order valence-corrected chi connectivity index (χ0v) is 16.3. The van der Waals surface area contributed by atoms with Crippen molar-refractivity contribution in [3.8, 4) is 5.75 Å². The third-order valence-electron chi connectivity index (χ3n) is 5.05. The van der Waals surface area contributed by atoms with Crippen molar-refractivity contribution in [2.75, 3.05) is 45.2 Å². The van der Waals surface area contributed by atoms with Crippen LogP contribution >= 0.6 is 0 Å². The minimum Gasteiger partial charge on any atom is -0.497 e. The van der Waals surface area contributed by atoms with Gasteiger partial charge in [0.25, 0.3) is 0 Å². The van der Waals surface area contributed by atoms with E-state index in [4.69, 9.17) is 4.74 Å². The third-order valence-corrected chi connectivity index (χ3v) is 5.05. The van der Waals surface area contributed by atoms with Gasteiger partial charge in [-0.1, -0.05) is 6.07 Å². The fourth-order valence-corrected chi connectivity index (χ4v) is 3.53. The highest BCUT2D eigenvalue weighted by Gasteiger charge is 2.20. The Morgan fingerprint density at radius 3 is 2.72 bits per heavy atom. The van der Waals surface area contributed by atoms with Gasteiger partial charge in [-0.05, 0) is 30.3 Å². The first-order chi connectivity index (χ1) is 14.1. The zero-order valence-electron chi connectivity index (χ0n) is 16.3. The molecule has 2 N–H and O–H groups in total. The van der Waals surface area contributed by atoms with E-state index < -0.39 is 0 Å². The fourth-order valence-electron chi connectivity index (χ4n) is 3.53. The van der Waals surface area contributed by atoms with Crippen LogP contribution in [0.25, 0.3) is 11.0 Å². The Bertz CT molecular complexity index is 998. The average molecular weight is 397 g/mol. The molecule has 0 bridgehead atoms. The van der Waals surface area contributed by atoms with Gasteiger partial charge in [0, 0.05) is 37.9 Å². The van der Waals surface area contributed by atoms with Gasteiger partial charge in [-0.15, -0.1) is 0 Å². The number of carbonyl (C=O) groups is 1. The van der Waals surface area contributed by atoms with E-state index in [0.29, 0.717) is 12.2 Å². The van der Waals surface area contributed by atoms with Crippen LogP contribution in [0.2, 0.25) is 0 Å². The Kier molecular flexibility index (Phi) is 5.73. The van der Waals surface area contributed by atoms with Gasteiger partial charge < -0.3 is 15.0 Å². The predicted molar refractivity (Wildman–Crippen MR) is 109 cm³/mol. The second-order valence-electron chi connectivity index (χ2n) is 7.18. The molecule has 4 rings (SSSR count). The van der Waals surface area contributed by atoms with Crippen molar-refractivity contribution in [1.29, 1.82) is 0 Å². The van der Waals surface area contributed by atoms with E-state index in [1.807, 2.05) is 18.2 Å². The van der Waals surface area contributed by atoms with Crippen LogP contribution in [0.1, 0.15) is 5.82 Å². The lowest BCUT2D eigenvalue weighted by Crippen LogP contribution is -2.48. The molecule has 2 aromatic carbocycles. The van der Waals surface area contributed by atoms with E-state index in [0.717, 1.165) is 55.3 Å². The summed E-state index contributed by atoms with van der Waals surface area (Å²) in [6.07, 6.45) is 0. The number of piperazine rings is 1. The van der Waals surface area contributed by atoms with Crippen LogP contribution in [0.3, 0.4) is 0 Å². The lowest BCUT2D eigenvalue weighted by molar-refractivity contribution is -0.117. The number of hydrogen-bond acceptors (Lipinski definition) is 5. The number of H-pyrrole nitrogens is 1. The monoisotopic (exact) mass is 397 g/mol. The maximum Gasteiger partial charge on any atom is 0.238 e. The molecule has 152 valence electrons. The van der Waals surface area contributed by atoms with Gasteiger partial charge in [0.1, 0.15) is 17.4 Å². The van der Waals surface area contributed by atoms with Gasteiger partial charge >= 0.3 is 0 Å². The van der Waals surface area contributed by atoms with Crippen LogP contribution in [0, 0.1) is 5.82 Å². The second kappa shape index (κ2) is 8.59. The first-order valence-corrected chi connectivity index (χ1v) is 9.62. The van der Waals surface area contributed by atoms with Crippen molar-refractivity contribution < 1.29 is 13.9 Å². The van der Waals surface area contributed by atoms with Gasteiger partial charge in [0.15, 0.2) is 0 Å². The number of methoxy groups -OCH3 is 1. The number of imidazole rings is 1.